The van der Waals surface area contributed by atoms with Crippen LogP contribution in [0.1, 0.15) is 20.8 Å². The third-order valence-corrected chi connectivity index (χ3v) is 4.52. The van der Waals surface area contributed by atoms with Crippen LogP contribution in [0, 0.1) is 5.92 Å². The summed E-state index contributed by atoms with van der Waals surface area (Å²) in [6, 6.07) is 7.87. The maximum atomic E-state index is 12.3. The first-order chi connectivity index (χ1) is 10.5. The van der Waals surface area contributed by atoms with E-state index in [1.807, 2.05) is 32.0 Å². The summed E-state index contributed by atoms with van der Waals surface area (Å²) in [6.45, 7) is 11.1. The lowest BCUT2D eigenvalue weighted by Crippen LogP contribution is -2.46. The lowest BCUT2D eigenvalue weighted by atomic mass is 10.0. The minimum absolute atomic E-state index is 0. The third-order valence-electron chi connectivity index (χ3n) is 4.52. The largest absolute Gasteiger partial charge is 0.367 e. The van der Waals surface area contributed by atoms with E-state index >= 15 is 0 Å². The van der Waals surface area contributed by atoms with Gasteiger partial charge in [0.15, 0.2) is 0 Å². The van der Waals surface area contributed by atoms with Crippen molar-refractivity contribution in [3.05, 3.63) is 24.3 Å². The van der Waals surface area contributed by atoms with Gasteiger partial charge in [-0.05, 0) is 25.6 Å². The van der Waals surface area contributed by atoms with Gasteiger partial charge in [0, 0.05) is 32.2 Å². The summed E-state index contributed by atoms with van der Waals surface area (Å²) in [5.74, 6) is -0.223. The highest BCUT2D eigenvalue weighted by Gasteiger charge is 2.21. The topological polar surface area (TPSA) is 61.6 Å². The van der Waals surface area contributed by atoms with E-state index in [1.54, 1.807) is 0 Å². The molecule has 2 unspecified atom stereocenters. The molecule has 1 saturated heterocycles. The van der Waals surface area contributed by atoms with Crippen LogP contribution < -0.4 is 16.0 Å². The van der Waals surface area contributed by atoms with Crippen molar-refractivity contribution >= 4 is 54.5 Å². The maximum Gasteiger partial charge on any atom is 0.228 e. The van der Waals surface area contributed by atoms with Gasteiger partial charge in [0.25, 0.3) is 0 Å². The van der Waals surface area contributed by atoms with E-state index in [2.05, 4.69) is 28.1 Å². The highest BCUT2D eigenvalue weighted by atomic mass is 35.5. The predicted molar refractivity (Wildman–Crippen MR) is 114 cm³/mol. The van der Waals surface area contributed by atoms with Gasteiger partial charge in [0.1, 0.15) is 0 Å². The lowest BCUT2D eigenvalue weighted by Gasteiger charge is -2.36. The average Bonchev–Trinajstić information content (AvgIpc) is 2.54. The van der Waals surface area contributed by atoms with Crippen LogP contribution in [0.15, 0.2) is 24.3 Å². The summed E-state index contributed by atoms with van der Waals surface area (Å²) in [6.07, 6.45) is 0. The van der Waals surface area contributed by atoms with Crippen LogP contribution in [0.2, 0.25) is 0 Å². The molecule has 0 spiro atoms. The quantitative estimate of drug-likeness (QED) is 0.779. The SMILES string of the molecule is CCN1CCN(c2ccccc2NC(=O)C(C)C(C)N)CC1.Cl.Cl.Cl. The minimum Gasteiger partial charge on any atom is -0.367 e. The Balaban J connectivity index is 0. The van der Waals surface area contributed by atoms with E-state index in [4.69, 9.17) is 5.73 Å². The van der Waals surface area contributed by atoms with E-state index < -0.39 is 0 Å². The second kappa shape index (κ2) is 12.6. The van der Waals surface area contributed by atoms with Crippen molar-refractivity contribution in [3.63, 3.8) is 0 Å². The Bertz CT molecular complexity index is 508. The highest BCUT2D eigenvalue weighted by Crippen LogP contribution is 2.27. The molecule has 146 valence electrons. The zero-order valence-electron chi connectivity index (χ0n) is 15.1. The van der Waals surface area contributed by atoms with E-state index in [0.29, 0.717) is 0 Å². The van der Waals surface area contributed by atoms with E-state index in [9.17, 15) is 4.79 Å². The molecule has 2 atom stereocenters. The molecule has 1 fully saturated rings. The van der Waals surface area contributed by atoms with Crippen LogP contribution in [-0.4, -0.2) is 49.6 Å². The second-order valence-corrected chi connectivity index (χ2v) is 6.08. The molecule has 1 aliphatic heterocycles. The number of rotatable bonds is 5. The summed E-state index contributed by atoms with van der Waals surface area (Å²) in [7, 11) is 0. The molecule has 0 bridgehead atoms. The van der Waals surface area contributed by atoms with Gasteiger partial charge in [-0.2, -0.15) is 0 Å². The lowest BCUT2D eigenvalue weighted by molar-refractivity contribution is -0.119. The number of likely N-dealkylation sites (N-methyl/N-ethyl adjacent to an activating group) is 1. The van der Waals surface area contributed by atoms with Crippen molar-refractivity contribution in [2.75, 3.05) is 42.9 Å². The molecule has 3 N–H and O–H groups in total. The van der Waals surface area contributed by atoms with Crippen molar-refractivity contribution < 1.29 is 4.79 Å². The Hall–Kier alpha value is -0.720. The number of carbonyl (C=O) groups is 1. The molecule has 5 nitrogen and oxygen atoms in total. The predicted octanol–water partition coefficient (Wildman–Crippen LogP) is 3.02. The van der Waals surface area contributed by atoms with E-state index in [-0.39, 0.29) is 55.1 Å². The molecule has 1 aromatic rings. The third kappa shape index (κ3) is 7.19. The molecular weight excluding hydrogens is 383 g/mol. The first-order valence-corrected chi connectivity index (χ1v) is 8.15. The number of anilines is 2. The summed E-state index contributed by atoms with van der Waals surface area (Å²) >= 11 is 0. The average molecular weight is 414 g/mol. The Kier molecular flexibility index (Phi) is 13.4. The normalized spacial score (nSPS) is 16.6. The Morgan fingerprint density at radius 1 is 1.12 bits per heavy atom. The first-order valence-electron chi connectivity index (χ1n) is 8.15. The number of piperazine rings is 1. The Morgan fingerprint density at radius 2 is 1.68 bits per heavy atom. The number of halogens is 3. The van der Waals surface area contributed by atoms with Gasteiger partial charge in [-0.1, -0.05) is 26.0 Å². The monoisotopic (exact) mass is 412 g/mol. The van der Waals surface area contributed by atoms with Crippen LogP contribution >= 0.6 is 37.2 Å². The van der Waals surface area contributed by atoms with Gasteiger partial charge < -0.3 is 20.9 Å². The second-order valence-electron chi connectivity index (χ2n) is 6.08. The molecule has 0 saturated carbocycles. The Labute approximate surface area is 169 Å². The van der Waals surface area contributed by atoms with Crippen LogP contribution in [0.3, 0.4) is 0 Å². The highest BCUT2D eigenvalue weighted by molar-refractivity contribution is 5.96. The number of hydrogen-bond acceptors (Lipinski definition) is 4. The maximum absolute atomic E-state index is 12.3. The Morgan fingerprint density at radius 3 is 2.20 bits per heavy atom. The number of para-hydroxylation sites is 2. The van der Waals surface area contributed by atoms with E-state index in [1.165, 1.54) is 0 Å². The van der Waals surface area contributed by atoms with Crippen molar-refractivity contribution in [1.82, 2.24) is 4.90 Å². The van der Waals surface area contributed by atoms with E-state index in [0.717, 1.165) is 44.1 Å². The van der Waals surface area contributed by atoms with Crippen LogP contribution in [-0.2, 0) is 4.79 Å². The van der Waals surface area contributed by atoms with Crippen LogP contribution in [0.4, 0.5) is 11.4 Å². The number of nitrogens with one attached hydrogen (secondary N) is 1. The molecular formula is C17H31Cl3N4O. The first kappa shape index (κ1) is 26.5. The molecule has 25 heavy (non-hydrogen) atoms. The molecule has 0 radical (unpaired) electrons. The van der Waals surface area contributed by atoms with Crippen molar-refractivity contribution in [2.24, 2.45) is 11.7 Å². The van der Waals surface area contributed by atoms with Crippen LogP contribution in [0.25, 0.3) is 0 Å². The molecule has 0 aliphatic carbocycles. The number of carbonyl (C=O) groups excluding carboxylic acids is 1. The molecule has 8 heteroatoms. The van der Waals surface area contributed by atoms with Gasteiger partial charge in [0.2, 0.25) is 5.91 Å². The minimum atomic E-state index is -0.204. The molecule has 1 amide bonds. The number of nitrogens with two attached hydrogens (primary N) is 1. The fraction of sp³-hybridized carbons (Fsp3) is 0.588. The molecule has 2 rings (SSSR count). The number of hydrogen-bond donors (Lipinski definition) is 2. The van der Waals surface area contributed by atoms with Gasteiger partial charge in [-0.15, -0.1) is 37.2 Å². The number of amides is 1. The van der Waals surface area contributed by atoms with Gasteiger partial charge >= 0.3 is 0 Å². The van der Waals surface area contributed by atoms with Gasteiger partial charge in [-0.3, -0.25) is 4.79 Å². The summed E-state index contributed by atoms with van der Waals surface area (Å²) in [4.78, 5) is 17.1. The summed E-state index contributed by atoms with van der Waals surface area (Å²) < 4.78 is 0. The van der Waals surface area contributed by atoms with Crippen molar-refractivity contribution in [1.29, 1.82) is 0 Å². The van der Waals surface area contributed by atoms with Crippen LogP contribution in [0.5, 0.6) is 0 Å². The van der Waals surface area contributed by atoms with Gasteiger partial charge in [0.05, 0.1) is 17.3 Å². The summed E-state index contributed by atoms with van der Waals surface area (Å²) in [5.41, 5.74) is 7.81. The van der Waals surface area contributed by atoms with Crippen molar-refractivity contribution in [3.8, 4) is 0 Å². The molecule has 1 aliphatic rings. The zero-order chi connectivity index (χ0) is 16.1. The summed E-state index contributed by atoms with van der Waals surface area (Å²) in [5, 5.41) is 3.04. The standard InChI is InChI=1S/C17H28N4O.3ClH/c1-4-20-9-11-21(12-10-20)16-8-6-5-7-15(16)19-17(22)13(2)14(3)18;;;/h5-8,13-14H,4,9-12,18H2,1-3H3,(H,19,22);3*1H. The zero-order valence-corrected chi connectivity index (χ0v) is 17.6. The fourth-order valence-electron chi connectivity index (χ4n) is 2.65. The number of benzene rings is 1. The van der Waals surface area contributed by atoms with Crippen molar-refractivity contribution in [2.45, 2.75) is 26.8 Å². The number of nitrogens with zero attached hydrogens (tertiary/aromatic N) is 2. The molecule has 1 aromatic carbocycles. The smallest absolute Gasteiger partial charge is 0.228 e. The molecule has 1 heterocycles. The fourth-order valence-corrected chi connectivity index (χ4v) is 2.65. The van der Waals surface area contributed by atoms with Gasteiger partial charge in [-0.25, -0.2) is 0 Å². The molecule has 0 aromatic heterocycles.